The lowest BCUT2D eigenvalue weighted by molar-refractivity contribution is -0.121. The second-order valence-electron chi connectivity index (χ2n) is 4.80. The van der Waals surface area contributed by atoms with Crippen molar-refractivity contribution in [3.05, 3.63) is 24.2 Å². The van der Waals surface area contributed by atoms with Gasteiger partial charge in [0.15, 0.2) is 0 Å². The number of carbonyl (C=O) groups is 1. The highest BCUT2D eigenvalue weighted by molar-refractivity contribution is 7.88. The molecule has 1 aromatic heterocycles. The highest BCUT2D eigenvalue weighted by Gasteiger charge is 2.19. The molecule has 0 fully saturated rings. The summed E-state index contributed by atoms with van der Waals surface area (Å²) >= 11 is 0. The Morgan fingerprint density at radius 2 is 2.20 bits per heavy atom. The van der Waals surface area contributed by atoms with Gasteiger partial charge in [0.2, 0.25) is 15.9 Å². The average Bonchev–Trinajstić information content (AvgIpc) is 2.85. The van der Waals surface area contributed by atoms with Crippen molar-refractivity contribution in [3.63, 3.8) is 0 Å². The molecule has 1 aromatic rings. The van der Waals surface area contributed by atoms with Gasteiger partial charge in [0.25, 0.3) is 0 Å². The third-order valence-electron chi connectivity index (χ3n) is 2.99. The largest absolute Gasteiger partial charge is 0.468 e. The first-order valence-corrected chi connectivity index (χ1v) is 8.44. The molecule has 6 nitrogen and oxygen atoms in total. The van der Waals surface area contributed by atoms with Crippen LogP contribution >= 0.6 is 0 Å². The van der Waals surface area contributed by atoms with Crippen LogP contribution in [0.4, 0.5) is 0 Å². The fraction of sp³-hybridized carbons (Fsp3) is 0.615. The lowest BCUT2D eigenvalue weighted by Gasteiger charge is -2.19. The number of nitrogens with zero attached hydrogens (tertiary/aromatic N) is 1. The maximum atomic E-state index is 11.7. The third kappa shape index (κ3) is 5.75. The van der Waals surface area contributed by atoms with Crippen molar-refractivity contribution in [1.29, 1.82) is 0 Å². The molecular formula is C13H22N2O4S. The minimum Gasteiger partial charge on any atom is -0.468 e. The van der Waals surface area contributed by atoms with Gasteiger partial charge in [-0.1, -0.05) is 6.92 Å². The van der Waals surface area contributed by atoms with E-state index in [1.165, 1.54) is 10.6 Å². The molecule has 0 aliphatic heterocycles. The molecule has 20 heavy (non-hydrogen) atoms. The van der Waals surface area contributed by atoms with Crippen molar-refractivity contribution < 1.29 is 17.6 Å². The molecule has 0 aliphatic rings. The number of hydrogen-bond donors (Lipinski definition) is 1. The summed E-state index contributed by atoms with van der Waals surface area (Å²) in [4.78, 5) is 11.7. The Labute approximate surface area is 120 Å². The van der Waals surface area contributed by atoms with Gasteiger partial charge in [0.05, 0.1) is 19.1 Å². The monoisotopic (exact) mass is 302 g/mol. The van der Waals surface area contributed by atoms with Crippen LogP contribution in [0, 0.1) is 0 Å². The molecule has 1 atom stereocenters. The molecule has 114 valence electrons. The van der Waals surface area contributed by atoms with E-state index in [0.717, 1.165) is 12.7 Å². The SMILES string of the molecule is CCC(C)NC(=O)CCN(Cc1ccco1)S(C)(=O)=O. The second-order valence-corrected chi connectivity index (χ2v) is 6.79. The number of nitrogens with one attached hydrogen (secondary N) is 1. The van der Waals surface area contributed by atoms with E-state index in [0.29, 0.717) is 5.76 Å². The van der Waals surface area contributed by atoms with Crippen LogP contribution < -0.4 is 5.32 Å². The number of sulfonamides is 1. The van der Waals surface area contributed by atoms with E-state index in [1.54, 1.807) is 12.1 Å². The second kappa shape index (κ2) is 7.44. The van der Waals surface area contributed by atoms with Gasteiger partial charge in [-0.05, 0) is 25.5 Å². The zero-order valence-electron chi connectivity index (χ0n) is 12.1. The summed E-state index contributed by atoms with van der Waals surface area (Å²) in [5.74, 6) is 0.408. The number of amides is 1. The predicted molar refractivity (Wildman–Crippen MR) is 76.5 cm³/mol. The molecule has 1 N–H and O–H groups in total. The van der Waals surface area contributed by atoms with Crippen LogP contribution in [0.2, 0.25) is 0 Å². The molecular weight excluding hydrogens is 280 g/mol. The molecule has 0 saturated carbocycles. The first kappa shape index (κ1) is 16.7. The number of furan rings is 1. The standard InChI is InChI=1S/C13H22N2O4S/c1-4-11(2)14-13(16)7-8-15(20(3,17)18)10-12-6-5-9-19-12/h5-6,9,11H,4,7-8,10H2,1-3H3,(H,14,16). The van der Waals surface area contributed by atoms with Crippen LogP contribution in [0.15, 0.2) is 22.8 Å². The number of carbonyl (C=O) groups excluding carboxylic acids is 1. The fourth-order valence-electron chi connectivity index (χ4n) is 1.61. The summed E-state index contributed by atoms with van der Waals surface area (Å²) in [6.07, 6.45) is 3.60. The van der Waals surface area contributed by atoms with E-state index in [-0.39, 0.29) is 31.5 Å². The fourth-order valence-corrected chi connectivity index (χ4v) is 2.40. The molecule has 1 amide bonds. The minimum atomic E-state index is -3.38. The highest BCUT2D eigenvalue weighted by atomic mass is 32.2. The van der Waals surface area contributed by atoms with Crippen molar-refractivity contribution in [2.75, 3.05) is 12.8 Å². The Hall–Kier alpha value is -1.34. The first-order chi connectivity index (χ1) is 9.32. The summed E-state index contributed by atoms with van der Waals surface area (Å²) in [6.45, 7) is 4.17. The molecule has 0 radical (unpaired) electrons. The molecule has 0 saturated heterocycles. The van der Waals surface area contributed by atoms with Crippen LogP contribution in [0.1, 0.15) is 32.4 Å². The zero-order valence-corrected chi connectivity index (χ0v) is 12.9. The zero-order chi connectivity index (χ0) is 15.2. The summed E-state index contributed by atoms with van der Waals surface area (Å²) in [6, 6.07) is 3.50. The summed E-state index contributed by atoms with van der Waals surface area (Å²) < 4.78 is 29.8. The van der Waals surface area contributed by atoms with Gasteiger partial charge in [0.1, 0.15) is 5.76 Å². The minimum absolute atomic E-state index is 0.0965. The van der Waals surface area contributed by atoms with E-state index in [9.17, 15) is 13.2 Å². The quantitative estimate of drug-likeness (QED) is 0.786. The molecule has 1 unspecified atom stereocenters. The van der Waals surface area contributed by atoms with E-state index in [2.05, 4.69) is 5.32 Å². The van der Waals surface area contributed by atoms with Crippen molar-refractivity contribution in [3.8, 4) is 0 Å². The van der Waals surface area contributed by atoms with Crippen LogP contribution in [0.25, 0.3) is 0 Å². The van der Waals surface area contributed by atoms with Gasteiger partial charge in [-0.2, -0.15) is 4.31 Å². The van der Waals surface area contributed by atoms with Crippen molar-refractivity contribution in [2.24, 2.45) is 0 Å². The van der Waals surface area contributed by atoms with E-state index >= 15 is 0 Å². The average molecular weight is 302 g/mol. The van der Waals surface area contributed by atoms with Crippen LogP contribution in [-0.2, 0) is 21.4 Å². The third-order valence-corrected chi connectivity index (χ3v) is 4.24. The van der Waals surface area contributed by atoms with Crippen molar-refractivity contribution >= 4 is 15.9 Å². The Bertz CT molecular complexity index is 510. The number of hydrogen-bond acceptors (Lipinski definition) is 4. The normalized spacial score (nSPS) is 13.4. The summed E-state index contributed by atoms with van der Waals surface area (Å²) in [5.41, 5.74) is 0. The lowest BCUT2D eigenvalue weighted by Crippen LogP contribution is -2.36. The molecule has 0 aromatic carbocycles. The highest BCUT2D eigenvalue weighted by Crippen LogP contribution is 2.09. The van der Waals surface area contributed by atoms with Gasteiger partial charge in [-0.25, -0.2) is 8.42 Å². The molecule has 0 bridgehead atoms. The van der Waals surface area contributed by atoms with Gasteiger partial charge >= 0.3 is 0 Å². The first-order valence-electron chi connectivity index (χ1n) is 6.59. The maximum Gasteiger partial charge on any atom is 0.221 e. The summed E-state index contributed by atoms with van der Waals surface area (Å²) in [7, 11) is -3.38. The van der Waals surface area contributed by atoms with E-state index < -0.39 is 10.0 Å². The number of rotatable bonds is 8. The van der Waals surface area contributed by atoms with Gasteiger partial charge in [-0.15, -0.1) is 0 Å². The van der Waals surface area contributed by atoms with E-state index in [4.69, 9.17) is 4.42 Å². The van der Waals surface area contributed by atoms with Crippen molar-refractivity contribution in [1.82, 2.24) is 9.62 Å². The maximum absolute atomic E-state index is 11.7. The Morgan fingerprint density at radius 3 is 2.70 bits per heavy atom. The molecule has 0 spiro atoms. The summed E-state index contributed by atoms with van der Waals surface area (Å²) in [5, 5.41) is 2.81. The topological polar surface area (TPSA) is 79.6 Å². The van der Waals surface area contributed by atoms with Gasteiger partial charge < -0.3 is 9.73 Å². The Morgan fingerprint density at radius 1 is 1.50 bits per heavy atom. The Kier molecular flexibility index (Phi) is 6.22. The molecule has 1 rings (SSSR count). The van der Waals surface area contributed by atoms with Gasteiger partial charge in [0, 0.05) is 19.0 Å². The molecule has 7 heteroatoms. The van der Waals surface area contributed by atoms with Gasteiger partial charge in [-0.3, -0.25) is 4.79 Å². The Balaban J connectivity index is 2.56. The predicted octanol–water partition coefficient (Wildman–Crippen LogP) is 1.35. The smallest absolute Gasteiger partial charge is 0.221 e. The van der Waals surface area contributed by atoms with Crippen LogP contribution in [0.3, 0.4) is 0 Å². The molecule has 1 heterocycles. The lowest BCUT2D eigenvalue weighted by atomic mass is 10.2. The van der Waals surface area contributed by atoms with Crippen LogP contribution in [-0.4, -0.2) is 37.5 Å². The molecule has 0 aliphatic carbocycles. The van der Waals surface area contributed by atoms with Crippen molar-refractivity contribution in [2.45, 2.75) is 39.3 Å². The van der Waals surface area contributed by atoms with E-state index in [1.807, 2.05) is 13.8 Å². The van der Waals surface area contributed by atoms with Crippen LogP contribution in [0.5, 0.6) is 0 Å².